The van der Waals surface area contributed by atoms with Crippen molar-refractivity contribution in [3.05, 3.63) is 66.4 Å². The van der Waals surface area contributed by atoms with Gasteiger partial charge in [-0.2, -0.15) is 5.26 Å². The molecule has 0 fully saturated rings. The topological polar surface area (TPSA) is 102 Å². The molecule has 1 aromatic carbocycles. The zero-order valence-electron chi connectivity index (χ0n) is 16.9. The number of fused-ring (bicyclic) bond motifs is 2. The highest BCUT2D eigenvalue weighted by atomic mass is 16.2. The molecule has 152 valence electrons. The van der Waals surface area contributed by atoms with Crippen molar-refractivity contribution in [2.45, 2.75) is 0 Å². The average molecular weight is 410 g/mol. The lowest BCUT2D eigenvalue weighted by molar-refractivity contribution is 0.0988. The highest BCUT2D eigenvalue weighted by molar-refractivity contribution is 6.04. The van der Waals surface area contributed by atoms with Crippen molar-refractivity contribution in [3.8, 4) is 17.3 Å². The Hall–Kier alpha value is -4.45. The van der Waals surface area contributed by atoms with Gasteiger partial charge >= 0.3 is 0 Å². The molecule has 0 spiro atoms. The summed E-state index contributed by atoms with van der Waals surface area (Å²) in [6.45, 7) is 0.711. The van der Waals surface area contributed by atoms with E-state index in [1.165, 1.54) is 4.90 Å². The molecule has 4 aromatic rings. The quantitative estimate of drug-likeness (QED) is 0.554. The van der Waals surface area contributed by atoms with E-state index in [0.29, 0.717) is 23.6 Å². The minimum atomic E-state index is -0.262. The van der Waals surface area contributed by atoms with E-state index in [9.17, 15) is 4.79 Å². The van der Waals surface area contributed by atoms with E-state index in [0.717, 1.165) is 22.8 Å². The van der Waals surface area contributed by atoms with Gasteiger partial charge in [-0.15, -0.1) is 0 Å². The van der Waals surface area contributed by atoms with Crippen molar-refractivity contribution in [3.63, 3.8) is 0 Å². The second-order valence-corrected chi connectivity index (χ2v) is 7.30. The van der Waals surface area contributed by atoms with Crippen molar-refractivity contribution >= 4 is 28.7 Å². The number of nitrogens with zero attached hydrogens (tertiary/aromatic N) is 7. The van der Waals surface area contributed by atoms with Gasteiger partial charge in [0, 0.05) is 37.7 Å². The number of amides is 1. The van der Waals surface area contributed by atoms with Gasteiger partial charge in [0.05, 0.1) is 42.1 Å². The Labute approximate surface area is 178 Å². The molecule has 9 heteroatoms. The summed E-state index contributed by atoms with van der Waals surface area (Å²) < 4.78 is 1.84. The summed E-state index contributed by atoms with van der Waals surface area (Å²) >= 11 is 0. The maximum Gasteiger partial charge on any atom is 0.278 e. The Morgan fingerprint density at radius 1 is 1.16 bits per heavy atom. The van der Waals surface area contributed by atoms with Crippen molar-refractivity contribution in [2.75, 3.05) is 35.9 Å². The molecule has 1 N–H and O–H groups in total. The molecule has 0 saturated carbocycles. The molecule has 9 nitrogen and oxygen atoms in total. The van der Waals surface area contributed by atoms with Crippen LogP contribution < -0.4 is 15.1 Å². The van der Waals surface area contributed by atoms with E-state index in [2.05, 4.69) is 26.3 Å². The summed E-state index contributed by atoms with van der Waals surface area (Å²) in [5, 5.41) is 12.3. The molecular weight excluding hydrogens is 392 g/mol. The van der Waals surface area contributed by atoms with Crippen molar-refractivity contribution in [1.82, 2.24) is 19.4 Å². The highest BCUT2D eigenvalue weighted by Crippen LogP contribution is 2.32. The van der Waals surface area contributed by atoms with Gasteiger partial charge in [0.15, 0.2) is 11.5 Å². The number of hydrogen-bond acceptors (Lipinski definition) is 7. The van der Waals surface area contributed by atoms with Crippen LogP contribution >= 0.6 is 0 Å². The number of benzene rings is 1. The Kier molecular flexibility index (Phi) is 4.26. The largest absolute Gasteiger partial charge is 0.365 e. The fourth-order valence-electron chi connectivity index (χ4n) is 3.57. The van der Waals surface area contributed by atoms with Crippen LogP contribution in [0.25, 0.3) is 16.9 Å². The van der Waals surface area contributed by atoms with Gasteiger partial charge in [0.2, 0.25) is 0 Å². The number of pyridine rings is 1. The zero-order valence-corrected chi connectivity index (χ0v) is 16.9. The van der Waals surface area contributed by atoms with Gasteiger partial charge in [0.25, 0.3) is 5.91 Å². The number of anilines is 3. The lowest BCUT2D eigenvalue weighted by atomic mass is 10.2. The van der Waals surface area contributed by atoms with Gasteiger partial charge in [-0.1, -0.05) is 0 Å². The first kappa shape index (κ1) is 18.6. The van der Waals surface area contributed by atoms with Gasteiger partial charge in [-0.05, 0) is 30.3 Å². The third-order valence-corrected chi connectivity index (χ3v) is 5.33. The monoisotopic (exact) mass is 410 g/mol. The molecule has 0 unspecified atom stereocenters. The number of carbonyl (C=O) groups is 1. The Morgan fingerprint density at radius 3 is 2.74 bits per heavy atom. The van der Waals surface area contributed by atoms with Crippen LogP contribution in [0.5, 0.6) is 0 Å². The van der Waals surface area contributed by atoms with E-state index in [1.54, 1.807) is 56.1 Å². The molecule has 1 aliphatic rings. The van der Waals surface area contributed by atoms with Crippen LogP contribution in [-0.2, 0) is 0 Å². The number of carbonyl (C=O) groups excluding carboxylic acids is 1. The normalized spacial score (nSPS) is 12.4. The van der Waals surface area contributed by atoms with E-state index in [-0.39, 0.29) is 11.6 Å². The van der Waals surface area contributed by atoms with E-state index >= 15 is 0 Å². The van der Waals surface area contributed by atoms with Gasteiger partial charge in [-0.3, -0.25) is 9.20 Å². The number of rotatable bonds is 3. The summed E-state index contributed by atoms with van der Waals surface area (Å²) in [6, 6.07) is 10.9. The second kappa shape index (κ2) is 7.11. The molecule has 0 aliphatic carbocycles. The fraction of sp³-hybridized carbons (Fsp3) is 0.136. The van der Waals surface area contributed by atoms with Crippen LogP contribution in [0.3, 0.4) is 0 Å². The molecule has 0 saturated heterocycles. The molecule has 1 aliphatic heterocycles. The van der Waals surface area contributed by atoms with Crippen molar-refractivity contribution < 1.29 is 4.79 Å². The van der Waals surface area contributed by atoms with Crippen LogP contribution in [0.4, 0.5) is 17.2 Å². The molecular formula is C22H18N8O. The molecule has 4 heterocycles. The third-order valence-electron chi connectivity index (χ3n) is 5.33. The predicted octanol–water partition coefficient (Wildman–Crippen LogP) is 2.76. The highest BCUT2D eigenvalue weighted by Gasteiger charge is 2.20. The maximum absolute atomic E-state index is 13.0. The van der Waals surface area contributed by atoms with Crippen LogP contribution in [0.1, 0.15) is 16.1 Å². The fourth-order valence-corrected chi connectivity index (χ4v) is 3.57. The number of imidazole rings is 1. The molecule has 3 aromatic heterocycles. The van der Waals surface area contributed by atoms with E-state index in [1.807, 2.05) is 22.4 Å². The lowest BCUT2D eigenvalue weighted by Gasteiger charge is -2.17. The van der Waals surface area contributed by atoms with Crippen LogP contribution in [0.15, 0.2) is 55.1 Å². The number of nitriles is 1. The summed E-state index contributed by atoms with van der Waals surface area (Å²) in [7, 11) is 3.66. The van der Waals surface area contributed by atoms with Gasteiger partial charge in [0.1, 0.15) is 5.69 Å². The molecule has 5 rings (SSSR count). The van der Waals surface area contributed by atoms with Crippen LogP contribution in [-0.4, -0.2) is 46.0 Å². The molecule has 0 radical (unpaired) electrons. The average Bonchev–Trinajstić information content (AvgIpc) is 3.41. The molecule has 0 bridgehead atoms. The Morgan fingerprint density at radius 2 is 1.97 bits per heavy atom. The summed E-state index contributed by atoms with van der Waals surface area (Å²) in [6.07, 6.45) is 6.82. The van der Waals surface area contributed by atoms with E-state index in [4.69, 9.17) is 5.26 Å². The summed E-state index contributed by atoms with van der Waals surface area (Å²) in [5.74, 6) is 0.640. The van der Waals surface area contributed by atoms with Crippen LogP contribution in [0.2, 0.25) is 0 Å². The SMILES string of the molecule is CN1CNc2cc(-c3cnc4cnc(C(=O)N(C)c5ccc(C#N)cc5)cn34)cnc21. The van der Waals surface area contributed by atoms with Crippen molar-refractivity contribution in [2.24, 2.45) is 0 Å². The third kappa shape index (κ3) is 3.11. The zero-order chi connectivity index (χ0) is 21.5. The smallest absolute Gasteiger partial charge is 0.278 e. The maximum atomic E-state index is 13.0. The Balaban J connectivity index is 1.50. The minimum absolute atomic E-state index is 0.262. The number of nitrogens with one attached hydrogen (secondary N) is 1. The Bertz CT molecular complexity index is 1350. The lowest BCUT2D eigenvalue weighted by Crippen LogP contribution is -2.27. The first-order chi connectivity index (χ1) is 15.0. The van der Waals surface area contributed by atoms with E-state index < -0.39 is 0 Å². The molecule has 31 heavy (non-hydrogen) atoms. The van der Waals surface area contributed by atoms with Gasteiger partial charge < -0.3 is 15.1 Å². The second-order valence-electron chi connectivity index (χ2n) is 7.30. The van der Waals surface area contributed by atoms with Crippen LogP contribution in [0, 0.1) is 11.3 Å². The molecule has 1 amide bonds. The molecule has 0 atom stereocenters. The predicted molar refractivity (Wildman–Crippen MR) is 117 cm³/mol. The number of hydrogen-bond donors (Lipinski definition) is 1. The summed E-state index contributed by atoms with van der Waals surface area (Å²) in [4.78, 5) is 29.8. The standard InChI is InChI=1S/C22H18N8O/c1-28-13-27-17-7-15(9-26-21(17)28)19-10-25-20-11-24-18(12-30(19)20)22(31)29(2)16-5-3-14(8-23)4-6-16/h3-7,9-12,27H,13H2,1-2H3. The van der Waals surface area contributed by atoms with Gasteiger partial charge in [-0.25, -0.2) is 15.0 Å². The number of aromatic nitrogens is 4. The first-order valence-corrected chi connectivity index (χ1v) is 9.62. The van der Waals surface area contributed by atoms with Crippen molar-refractivity contribution in [1.29, 1.82) is 5.26 Å². The first-order valence-electron chi connectivity index (χ1n) is 9.62. The summed E-state index contributed by atoms with van der Waals surface area (Å²) in [5.41, 5.74) is 4.80. The minimum Gasteiger partial charge on any atom is -0.365 e.